The van der Waals surface area contributed by atoms with Crippen molar-refractivity contribution < 1.29 is 27.5 Å². The Balaban J connectivity index is 1.73. The molecule has 1 aromatic carbocycles. The predicted molar refractivity (Wildman–Crippen MR) is 92.8 cm³/mol. The Labute approximate surface area is 160 Å². The SMILES string of the molecule is O=C(CC(F)(F)F)NNC(=O)c1ccc2c(c1)c(Br)nn2C1CCCOC1. The molecule has 1 atom stereocenters. The van der Waals surface area contributed by atoms with E-state index in [1.54, 1.807) is 17.6 Å². The molecule has 2 aromatic rings. The van der Waals surface area contributed by atoms with Gasteiger partial charge in [-0.25, -0.2) is 0 Å². The zero-order chi connectivity index (χ0) is 19.6. The molecule has 2 heterocycles. The third kappa shape index (κ3) is 4.78. The number of carbonyl (C=O) groups is 2. The Kier molecular flexibility index (Phi) is 5.70. The molecule has 1 aliphatic rings. The van der Waals surface area contributed by atoms with Gasteiger partial charge in [-0.1, -0.05) is 0 Å². The van der Waals surface area contributed by atoms with Crippen LogP contribution in [0.25, 0.3) is 10.9 Å². The summed E-state index contributed by atoms with van der Waals surface area (Å²) in [7, 11) is 0. The monoisotopic (exact) mass is 448 g/mol. The van der Waals surface area contributed by atoms with Crippen LogP contribution in [0.3, 0.4) is 0 Å². The second kappa shape index (κ2) is 7.85. The van der Waals surface area contributed by atoms with Gasteiger partial charge in [-0.05, 0) is 47.0 Å². The summed E-state index contributed by atoms with van der Waals surface area (Å²) in [6.07, 6.45) is -4.46. The molecule has 27 heavy (non-hydrogen) atoms. The van der Waals surface area contributed by atoms with Gasteiger partial charge in [-0.15, -0.1) is 0 Å². The number of carbonyl (C=O) groups excluding carboxylic acids is 2. The van der Waals surface area contributed by atoms with E-state index in [4.69, 9.17) is 4.74 Å². The molecule has 0 radical (unpaired) electrons. The summed E-state index contributed by atoms with van der Waals surface area (Å²) in [5.41, 5.74) is 4.70. The normalized spacial score (nSPS) is 17.7. The smallest absolute Gasteiger partial charge is 0.379 e. The molecule has 7 nitrogen and oxygen atoms in total. The number of halogens is 4. The van der Waals surface area contributed by atoms with Crippen LogP contribution < -0.4 is 10.9 Å². The van der Waals surface area contributed by atoms with Gasteiger partial charge in [0.05, 0.1) is 18.2 Å². The highest BCUT2D eigenvalue weighted by atomic mass is 79.9. The number of hydrogen-bond acceptors (Lipinski definition) is 4. The van der Waals surface area contributed by atoms with E-state index < -0.39 is 24.4 Å². The fraction of sp³-hybridized carbons (Fsp3) is 0.438. The van der Waals surface area contributed by atoms with Crippen molar-refractivity contribution in [1.82, 2.24) is 20.6 Å². The van der Waals surface area contributed by atoms with Gasteiger partial charge in [0, 0.05) is 17.6 Å². The summed E-state index contributed by atoms with van der Waals surface area (Å²) in [5.74, 6) is -2.07. The van der Waals surface area contributed by atoms with Crippen LogP contribution in [0, 0.1) is 0 Å². The third-order valence-corrected chi connectivity index (χ3v) is 4.67. The Morgan fingerprint density at radius 2 is 2.11 bits per heavy atom. The molecule has 0 aliphatic carbocycles. The predicted octanol–water partition coefficient (Wildman–Crippen LogP) is 2.86. The van der Waals surface area contributed by atoms with Crippen molar-refractivity contribution in [2.24, 2.45) is 0 Å². The minimum atomic E-state index is -4.64. The van der Waals surface area contributed by atoms with Crippen molar-refractivity contribution in [3.8, 4) is 0 Å². The third-order valence-electron chi connectivity index (χ3n) is 4.08. The Hall–Kier alpha value is -2.14. The molecule has 1 aromatic heterocycles. The van der Waals surface area contributed by atoms with Gasteiger partial charge >= 0.3 is 6.18 Å². The molecule has 1 unspecified atom stereocenters. The van der Waals surface area contributed by atoms with Crippen LogP contribution in [-0.2, 0) is 9.53 Å². The van der Waals surface area contributed by atoms with E-state index in [2.05, 4.69) is 21.0 Å². The summed E-state index contributed by atoms with van der Waals surface area (Å²) in [5, 5.41) is 5.13. The summed E-state index contributed by atoms with van der Waals surface area (Å²) < 4.78 is 44.3. The van der Waals surface area contributed by atoms with E-state index in [0.717, 1.165) is 25.0 Å². The number of rotatable bonds is 3. The van der Waals surface area contributed by atoms with Gasteiger partial charge in [-0.2, -0.15) is 18.3 Å². The molecule has 2 amide bonds. The number of ether oxygens (including phenoxy) is 1. The molecule has 0 spiro atoms. The number of nitrogens with zero attached hydrogens (tertiary/aromatic N) is 2. The van der Waals surface area contributed by atoms with Gasteiger partial charge in [-0.3, -0.25) is 25.1 Å². The van der Waals surface area contributed by atoms with E-state index in [-0.39, 0.29) is 11.6 Å². The lowest BCUT2D eigenvalue weighted by Crippen LogP contribution is -2.43. The number of hydrogen-bond donors (Lipinski definition) is 2. The van der Waals surface area contributed by atoms with Gasteiger partial charge in [0.15, 0.2) is 0 Å². The maximum atomic E-state index is 12.1. The Bertz CT molecular complexity index is 862. The molecule has 2 N–H and O–H groups in total. The average Bonchev–Trinajstić information content (AvgIpc) is 2.95. The fourth-order valence-corrected chi connectivity index (χ4v) is 3.35. The minimum absolute atomic E-state index is 0.0916. The number of fused-ring (bicyclic) bond motifs is 1. The van der Waals surface area contributed by atoms with Crippen LogP contribution in [0.15, 0.2) is 22.8 Å². The Morgan fingerprint density at radius 1 is 1.33 bits per heavy atom. The highest BCUT2D eigenvalue weighted by molar-refractivity contribution is 9.10. The summed E-state index contributed by atoms with van der Waals surface area (Å²) >= 11 is 3.36. The quantitative estimate of drug-likeness (QED) is 0.706. The zero-order valence-electron chi connectivity index (χ0n) is 14.0. The van der Waals surface area contributed by atoms with Crippen molar-refractivity contribution in [3.05, 3.63) is 28.4 Å². The number of alkyl halides is 3. The van der Waals surface area contributed by atoms with Crippen molar-refractivity contribution in [2.75, 3.05) is 13.2 Å². The van der Waals surface area contributed by atoms with Crippen LogP contribution in [0.4, 0.5) is 13.2 Å². The zero-order valence-corrected chi connectivity index (χ0v) is 15.6. The molecular formula is C16H16BrF3N4O3. The number of aromatic nitrogens is 2. The lowest BCUT2D eigenvalue weighted by atomic mass is 10.1. The molecule has 146 valence electrons. The largest absolute Gasteiger partial charge is 0.397 e. The first kappa shape index (κ1) is 19.6. The first-order valence-corrected chi connectivity index (χ1v) is 8.95. The number of amides is 2. The topological polar surface area (TPSA) is 85.3 Å². The summed E-state index contributed by atoms with van der Waals surface area (Å²) in [6.45, 7) is 1.28. The second-order valence-corrected chi connectivity index (χ2v) is 6.88. The number of benzene rings is 1. The molecule has 0 bridgehead atoms. The highest BCUT2D eigenvalue weighted by Gasteiger charge is 2.31. The van der Waals surface area contributed by atoms with Crippen molar-refractivity contribution >= 4 is 38.6 Å². The van der Waals surface area contributed by atoms with E-state index in [1.165, 1.54) is 6.07 Å². The van der Waals surface area contributed by atoms with Gasteiger partial charge in [0.1, 0.15) is 11.0 Å². The maximum Gasteiger partial charge on any atom is 0.397 e. The number of nitrogens with one attached hydrogen (secondary N) is 2. The molecule has 1 aliphatic heterocycles. The first-order valence-electron chi connectivity index (χ1n) is 8.16. The molecule has 11 heteroatoms. The highest BCUT2D eigenvalue weighted by Crippen LogP contribution is 2.29. The molecule has 3 rings (SSSR count). The minimum Gasteiger partial charge on any atom is -0.379 e. The van der Waals surface area contributed by atoms with Crippen molar-refractivity contribution in [3.63, 3.8) is 0 Å². The van der Waals surface area contributed by atoms with Crippen molar-refractivity contribution in [1.29, 1.82) is 0 Å². The van der Waals surface area contributed by atoms with E-state index in [0.29, 0.717) is 16.6 Å². The Morgan fingerprint density at radius 3 is 2.78 bits per heavy atom. The van der Waals surface area contributed by atoms with E-state index >= 15 is 0 Å². The molecule has 1 saturated heterocycles. The second-order valence-electron chi connectivity index (χ2n) is 6.13. The molecule has 0 saturated carbocycles. The van der Waals surface area contributed by atoms with E-state index in [9.17, 15) is 22.8 Å². The summed E-state index contributed by atoms with van der Waals surface area (Å²) in [6, 6.07) is 4.86. The summed E-state index contributed by atoms with van der Waals surface area (Å²) in [4.78, 5) is 23.3. The molecular weight excluding hydrogens is 433 g/mol. The van der Waals surface area contributed by atoms with Crippen LogP contribution in [-0.4, -0.2) is 41.0 Å². The fourth-order valence-electron chi connectivity index (χ4n) is 2.86. The molecule has 1 fully saturated rings. The van der Waals surface area contributed by atoms with Crippen LogP contribution in [0.5, 0.6) is 0 Å². The van der Waals surface area contributed by atoms with Gasteiger partial charge in [0.25, 0.3) is 5.91 Å². The first-order chi connectivity index (χ1) is 12.7. The van der Waals surface area contributed by atoms with Crippen molar-refractivity contribution in [2.45, 2.75) is 31.5 Å². The van der Waals surface area contributed by atoms with Crippen LogP contribution >= 0.6 is 15.9 Å². The van der Waals surface area contributed by atoms with Crippen LogP contribution in [0.1, 0.15) is 35.7 Å². The average molecular weight is 449 g/mol. The number of hydrazine groups is 1. The van der Waals surface area contributed by atoms with Gasteiger partial charge < -0.3 is 4.74 Å². The van der Waals surface area contributed by atoms with Gasteiger partial charge in [0.2, 0.25) is 5.91 Å². The maximum absolute atomic E-state index is 12.1. The van der Waals surface area contributed by atoms with E-state index in [1.807, 2.05) is 10.1 Å². The van der Waals surface area contributed by atoms with Crippen LogP contribution in [0.2, 0.25) is 0 Å². The lowest BCUT2D eigenvalue weighted by molar-refractivity contribution is -0.154. The lowest BCUT2D eigenvalue weighted by Gasteiger charge is -2.23. The standard InChI is InChI=1S/C16H16BrF3N4O3/c17-14-11-6-9(15(26)22-21-13(25)7-16(18,19)20)3-4-12(11)24(23-14)10-2-1-5-27-8-10/h3-4,6,10H,1-2,5,7-8H2,(H,21,25)(H,22,26).